The summed E-state index contributed by atoms with van der Waals surface area (Å²) in [5, 5.41) is 12.3. The van der Waals surface area contributed by atoms with E-state index in [0.717, 1.165) is 32.8 Å². The topological polar surface area (TPSA) is 73.2 Å². The number of anilines is 2. The number of nitrogens with zero attached hydrogens (tertiary/aromatic N) is 2. The number of hydrogen-bond donors (Lipinski definition) is 1. The van der Waals surface area contributed by atoms with Crippen molar-refractivity contribution in [1.82, 2.24) is 0 Å². The van der Waals surface area contributed by atoms with E-state index in [9.17, 15) is 9.59 Å². The predicted molar refractivity (Wildman–Crippen MR) is 126 cm³/mol. The standard InChI is InChI=1S/C27H23N3O2/c1-16-5-9-21(13-18(16)3)24-25(29-22-10-6-17(2)19(4)14-22)27(32)30(26(24)31)23-11-7-20(15-28)8-12-23/h5-14,29H,1-4H3. The lowest BCUT2D eigenvalue weighted by Crippen LogP contribution is -2.32. The van der Waals surface area contributed by atoms with Crippen LogP contribution in [0.4, 0.5) is 11.4 Å². The summed E-state index contributed by atoms with van der Waals surface area (Å²) in [6.07, 6.45) is 0. The summed E-state index contributed by atoms with van der Waals surface area (Å²) < 4.78 is 0. The Bertz CT molecular complexity index is 1330. The maximum atomic E-state index is 13.5. The third-order valence-electron chi connectivity index (χ3n) is 5.91. The monoisotopic (exact) mass is 421 g/mol. The molecule has 0 radical (unpaired) electrons. The molecule has 5 heteroatoms. The van der Waals surface area contributed by atoms with Gasteiger partial charge in [0.1, 0.15) is 5.70 Å². The molecule has 158 valence electrons. The minimum Gasteiger partial charge on any atom is -0.350 e. The number of rotatable bonds is 4. The summed E-state index contributed by atoms with van der Waals surface area (Å²) in [6.45, 7) is 8.02. The number of carbonyl (C=O) groups excluding carboxylic acids is 2. The van der Waals surface area contributed by atoms with Gasteiger partial charge in [0.15, 0.2) is 0 Å². The third kappa shape index (κ3) is 3.67. The number of benzene rings is 3. The van der Waals surface area contributed by atoms with Crippen LogP contribution in [0.25, 0.3) is 5.57 Å². The second-order valence-electron chi connectivity index (χ2n) is 8.08. The molecule has 0 fully saturated rings. The van der Waals surface area contributed by atoms with E-state index in [1.165, 1.54) is 0 Å². The third-order valence-corrected chi connectivity index (χ3v) is 5.91. The Kier molecular flexibility index (Phi) is 5.38. The summed E-state index contributed by atoms with van der Waals surface area (Å²) in [5.41, 5.74) is 7.28. The molecular formula is C27H23N3O2. The van der Waals surface area contributed by atoms with Crippen LogP contribution in [-0.4, -0.2) is 11.8 Å². The second-order valence-corrected chi connectivity index (χ2v) is 8.08. The van der Waals surface area contributed by atoms with Crippen molar-refractivity contribution in [2.45, 2.75) is 27.7 Å². The largest absolute Gasteiger partial charge is 0.350 e. The van der Waals surface area contributed by atoms with E-state index in [4.69, 9.17) is 5.26 Å². The van der Waals surface area contributed by atoms with Crippen molar-refractivity contribution in [2.75, 3.05) is 10.2 Å². The van der Waals surface area contributed by atoms with E-state index >= 15 is 0 Å². The van der Waals surface area contributed by atoms with Crippen molar-refractivity contribution in [3.63, 3.8) is 0 Å². The molecule has 1 aliphatic heterocycles. The van der Waals surface area contributed by atoms with Gasteiger partial charge in [-0.25, -0.2) is 4.90 Å². The van der Waals surface area contributed by atoms with E-state index in [1.54, 1.807) is 24.3 Å². The molecule has 0 atom stereocenters. The van der Waals surface area contributed by atoms with Gasteiger partial charge in [-0.3, -0.25) is 9.59 Å². The summed E-state index contributed by atoms with van der Waals surface area (Å²) in [6, 6.07) is 20.1. The molecule has 0 saturated carbocycles. The van der Waals surface area contributed by atoms with Crippen LogP contribution in [-0.2, 0) is 9.59 Å². The van der Waals surface area contributed by atoms with Crippen molar-refractivity contribution in [1.29, 1.82) is 5.26 Å². The summed E-state index contributed by atoms with van der Waals surface area (Å²) >= 11 is 0. The van der Waals surface area contributed by atoms with Crippen LogP contribution >= 0.6 is 0 Å². The normalized spacial score (nSPS) is 13.5. The van der Waals surface area contributed by atoms with Gasteiger partial charge in [-0.2, -0.15) is 5.26 Å². The number of carbonyl (C=O) groups is 2. The molecule has 1 N–H and O–H groups in total. The highest BCUT2D eigenvalue weighted by molar-refractivity contribution is 6.46. The number of nitriles is 1. The lowest BCUT2D eigenvalue weighted by Gasteiger charge is -2.15. The quantitative estimate of drug-likeness (QED) is 0.589. The summed E-state index contributed by atoms with van der Waals surface area (Å²) in [7, 11) is 0. The minimum absolute atomic E-state index is 0.242. The van der Waals surface area contributed by atoms with E-state index in [1.807, 2.05) is 64.1 Å². The fourth-order valence-electron chi connectivity index (χ4n) is 3.69. The highest BCUT2D eigenvalue weighted by atomic mass is 16.2. The first-order valence-corrected chi connectivity index (χ1v) is 10.4. The molecule has 1 heterocycles. The molecular weight excluding hydrogens is 398 g/mol. The molecule has 0 aromatic heterocycles. The number of hydrogen-bond acceptors (Lipinski definition) is 4. The molecule has 0 aliphatic carbocycles. The number of aryl methyl sites for hydroxylation is 4. The average molecular weight is 422 g/mol. The molecule has 3 aromatic rings. The van der Waals surface area contributed by atoms with Gasteiger partial charge in [-0.15, -0.1) is 0 Å². The van der Waals surface area contributed by atoms with Crippen molar-refractivity contribution in [2.24, 2.45) is 0 Å². The molecule has 0 spiro atoms. The van der Waals surface area contributed by atoms with Crippen LogP contribution in [0, 0.1) is 39.0 Å². The number of imide groups is 1. The Morgan fingerprint density at radius 3 is 1.97 bits per heavy atom. The number of amides is 2. The summed E-state index contributed by atoms with van der Waals surface area (Å²) in [4.78, 5) is 28.2. The lowest BCUT2D eigenvalue weighted by atomic mass is 9.99. The van der Waals surface area contributed by atoms with Gasteiger partial charge in [-0.1, -0.05) is 24.3 Å². The van der Waals surface area contributed by atoms with Crippen LogP contribution < -0.4 is 10.2 Å². The van der Waals surface area contributed by atoms with Crippen molar-refractivity contribution in [3.8, 4) is 6.07 Å². The summed E-state index contributed by atoms with van der Waals surface area (Å²) in [5.74, 6) is -0.819. The zero-order valence-corrected chi connectivity index (χ0v) is 18.5. The van der Waals surface area contributed by atoms with Gasteiger partial charge in [0.2, 0.25) is 0 Å². The first-order valence-electron chi connectivity index (χ1n) is 10.4. The van der Waals surface area contributed by atoms with Gasteiger partial charge in [0.25, 0.3) is 11.8 Å². The molecule has 0 saturated heterocycles. The van der Waals surface area contributed by atoms with E-state index < -0.39 is 11.8 Å². The molecule has 5 nitrogen and oxygen atoms in total. The first-order chi connectivity index (χ1) is 15.3. The zero-order valence-electron chi connectivity index (χ0n) is 18.5. The van der Waals surface area contributed by atoms with Crippen LogP contribution in [0.1, 0.15) is 33.4 Å². The van der Waals surface area contributed by atoms with E-state index in [0.29, 0.717) is 22.4 Å². The smallest absolute Gasteiger partial charge is 0.282 e. The van der Waals surface area contributed by atoms with Crippen molar-refractivity contribution < 1.29 is 9.59 Å². The maximum Gasteiger partial charge on any atom is 0.282 e. The second kappa shape index (κ2) is 8.16. The van der Waals surface area contributed by atoms with Crippen LogP contribution in [0.5, 0.6) is 0 Å². The first kappa shape index (κ1) is 21.1. The van der Waals surface area contributed by atoms with Gasteiger partial charge >= 0.3 is 0 Å². The molecule has 3 aromatic carbocycles. The van der Waals surface area contributed by atoms with Crippen molar-refractivity contribution >= 4 is 28.8 Å². The zero-order chi connectivity index (χ0) is 23.0. The van der Waals surface area contributed by atoms with Gasteiger partial charge < -0.3 is 5.32 Å². The number of nitrogens with one attached hydrogen (secondary N) is 1. The Morgan fingerprint density at radius 1 is 0.750 bits per heavy atom. The van der Waals surface area contributed by atoms with Crippen molar-refractivity contribution in [3.05, 3.63) is 99.7 Å². The Morgan fingerprint density at radius 2 is 1.38 bits per heavy atom. The Balaban J connectivity index is 1.83. The molecule has 0 bridgehead atoms. The Labute approximate surface area is 187 Å². The van der Waals surface area contributed by atoms with Gasteiger partial charge in [0, 0.05) is 5.69 Å². The van der Waals surface area contributed by atoms with Crippen LogP contribution in [0.3, 0.4) is 0 Å². The average Bonchev–Trinajstić information content (AvgIpc) is 3.02. The van der Waals surface area contributed by atoms with E-state index in [2.05, 4.69) is 11.4 Å². The molecule has 32 heavy (non-hydrogen) atoms. The molecule has 1 aliphatic rings. The van der Waals surface area contributed by atoms with Gasteiger partial charge in [0.05, 0.1) is 22.9 Å². The molecule has 2 amide bonds. The van der Waals surface area contributed by atoms with Crippen LogP contribution in [0.2, 0.25) is 0 Å². The predicted octanol–water partition coefficient (Wildman–Crippen LogP) is 5.19. The fourth-order valence-corrected chi connectivity index (χ4v) is 3.69. The SMILES string of the molecule is Cc1ccc(NC2=C(c3ccc(C)c(C)c3)C(=O)N(c3ccc(C#N)cc3)C2=O)cc1C. The highest BCUT2D eigenvalue weighted by Crippen LogP contribution is 2.34. The molecule has 0 unspecified atom stereocenters. The minimum atomic E-state index is -0.425. The van der Waals surface area contributed by atoms with Crippen LogP contribution in [0.15, 0.2) is 66.4 Å². The molecule has 4 rings (SSSR count). The lowest BCUT2D eigenvalue weighted by molar-refractivity contribution is -0.120. The maximum absolute atomic E-state index is 13.5. The highest BCUT2D eigenvalue weighted by Gasteiger charge is 2.40. The van der Waals surface area contributed by atoms with Gasteiger partial charge in [-0.05, 0) is 91.9 Å². The fraction of sp³-hybridized carbons (Fsp3) is 0.148. The van der Waals surface area contributed by atoms with E-state index in [-0.39, 0.29) is 5.70 Å². The Hall–Kier alpha value is -4.17.